The minimum atomic E-state index is -0.0348. The molecule has 1 aliphatic rings. The largest absolute Gasteiger partial charge is 0.298 e. The number of thiophene rings is 1. The van der Waals surface area contributed by atoms with Crippen LogP contribution < -0.4 is 5.32 Å². The molecule has 0 unspecified atom stereocenters. The van der Waals surface area contributed by atoms with Crippen LogP contribution in [0.15, 0.2) is 29.6 Å². The van der Waals surface area contributed by atoms with Crippen molar-refractivity contribution in [1.82, 2.24) is 4.98 Å². The van der Waals surface area contributed by atoms with E-state index in [0.717, 1.165) is 46.0 Å². The summed E-state index contributed by atoms with van der Waals surface area (Å²) in [4.78, 5) is 19.8. The van der Waals surface area contributed by atoms with E-state index in [1.54, 1.807) is 22.7 Å². The van der Waals surface area contributed by atoms with Crippen molar-refractivity contribution in [3.8, 4) is 0 Å². The predicted molar refractivity (Wildman–Crippen MR) is 110 cm³/mol. The van der Waals surface area contributed by atoms with Crippen molar-refractivity contribution in [2.45, 2.75) is 39.0 Å². The fourth-order valence-electron chi connectivity index (χ4n) is 3.33. The number of nitrogens with one attached hydrogen (secondary N) is 1. The molecule has 1 aliphatic carbocycles. The average molecular weight is 403 g/mol. The van der Waals surface area contributed by atoms with E-state index in [2.05, 4.69) is 16.4 Å². The molecule has 3 aromatic rings. The van der Waals surface area contributed by atoms with Gasteiger partial charge in [0.2, 0.25) is 0 Å². The van der Waals surface area contributed by atoms with Gasteiger partial charge in [-0.3, -0.25) is 10.1 Å². The van der Waals surface area contributed by atoms with Gasteiger partial charge in [-0.15, -0.1) is 22.7 Å². The highest BCUT2D eigenvalue weighted by Gasteiger charge is 2.21. The lowest BCUT2D eigenvalue weighted by atomic mass is 9.96. The van der Waals surface area contributed by atoms with Gasteiger partial charge in [-0.25, -0.2) is 4.98 Å². The van der Waals surface area contributed by atoms with Gasteiger partial charge in [0.15, 0.2) is 5.13 Å². The van der Waals surface area contributed by atoms with Gasteiger partial charge in [-0.05, 0) is 55.9 Å². The zero-order chi connectivity index (χ0) is 18.1. The van der Waals surface area contributed by atoms with Gasteiger partial charge in [-0.2, -0.15) is 0 Å². The molecule has 0 atom stereocenters. The van der Waals surface area contributed by atoms with E-state index in [-0.39, 0.29) is 5.91 Å². The zero-order valence-electron chi connectivity index (χ0n) is 14.5. The third-order valence-corrected chi connectivity index (χ3v) is 7.07. The number of hydrogen-bond acceptors (Lipinski definition) is 4. The first-order valence-electron chi connectivity index (χ1n) is 8.71. The Bertz CT molecular complexity index is 961. The summed E-state index contributed by atoms with van der Waals surface area (Å²) in [7, 11) is 0. The van der Waals surface area contributed by atoms with Gasteiger partial charge in [0.05, 0.1) is 11.3 Å². The molecule has 1 N–H and O–H groups in total. The molecule has 0 aliphatic heterocycles. The quantitative estimate of drug-likeness (QED) is 0.591. The molecular weight excluding hydrogens is 384 g/mol. The Morgan fingerprint density at radius 2 is 2.15 bits per heavy atom. The summed E-state index contributed by atoms with van der Waals surface area (Å²) in [6.45, 7) is 1.98. The lowest BCUT2D eigenvalue weighted by Gasteiger charge is -2.12. The molecule has 0 radical (unpaired) electrons. The number of amides is 1. The smallest absolute Gasteiger partial charge is 0.258 e. The number of anilines is 1. The Labute approximate surface area is 166 Å². The maximum Gasteiger partial charge on any atom is 0.258 e. The first-order chi connectivity index (χ1) is 12.6. The van der Waals surface area contributed by atoms with Crippen molar-refractivity contribution in [3.05, 3.63) is 66.8 Å². The average Bonchev–Trinajstić information content (AvgIpc) is 3.19. The second kappa shape index (κ2) is 7.51. The number of rotatable bonds is 4. The van der Waals surface area contributed by atoms with Gasteiger partial charge < -0.3 is 0 Å². The van der Waals surface area contributed by atoms with Crippen LogP contribution in [-0.4, -0.2) is 10.9 Å². The van der Waals surface area contributed by atoms with Crippen LogP contribution in [-0.2, 0) is 19.3 Å². The fourth-order valence-corrected chi connectivity index (χ4v) is 5.66. The summed E-state index contributed by atoms with van der Waals surface area (Å²) in [6.07, 6.45) is 5.29. The number of aromatic nitrogens is 1. The highest BCUT2D eigenvalue weighted by Crippen LogP contribution is 2.31. The van der Waals surface area contributed by atoms with Crippen LogP contribution in [0.4, 0.5) is 5.13 Å². The van der Waals surface area contributed by atoms with E-state index < -0.39 is 0 Å². The lowest BCUT2D eigenvalue weighted by molar-refractivity contribution is 0.102. The maximum absolute atomic E-state index is 12.7. The van der Waals surface area contributed by atoms with Crippen LogP contribution in [0.2, 0.25) is 5.02 Å². The fraction of sp³-hybridized carbons (Fsp3) is 0.300. The summed E-state index contributed by atoms with van der Waals surface area (Å²) in [5, 5.41) is 6.40. The molecule has 2 aromatic heterocycles. The van der Waals surface area contributed by atoms with E-state index in [1.165, 1.54) is 23.3 Å². The van der Waals surface area contributed by atoms with Gasteiger partial charge >= 0.3 is 0 Å². The summed E-state index contributed by atoms with van der Waals surface area (Å²) in [6, 6.07) is 7.85. The number of thiazole rings is 1. The molecule has 0 bridgehead atoms. The highest BCUT2D eigenvalue weighted by molar-refractivity contribution is 7.16. The standard InChI is InChI=1S/C20H19ClN2OS2/c1-12-18(10-13-5-4-6-14(21)9-13)26-20(22-12)23-19(24)16-11-25-17-8-3-2-7-15(16)17/h4-6,9,11H,2-3,7-8,10H2,1H3,(H,22,23,24). The third kappa shape index (κ3) is 3.70. The van der Waals surface area contributed by atoms with Crippen LogP contribution in [0.1, 0.15) is 49.8 Å². The predicted octanol–water partition coefficient (Wildman–Crippen LogP) is 5.89. The van der Waals surface area contributed by atoms with E-state index in [1.807, 2.05) is 30.5 Å². The molecule has 0 spiro atoms. The SMILES string of the molecule is Cc1nc(NC(=O)c2csc3c2CCCC3)sc1Cc1cccc(Cl)c1. The van der Waals surface area contributed by atoms with Crippen molar-refractivity contribution >= 4 is 45.3 Å². The van der Waals surface area contributed by atoms with Crippen molar-refractivity contribution in [1.29, 1.82) is 0 Å². The number of fused-ring (bicyclic) bond motifs is 1. The van der Waals surface area contributed by atoms with Gasteiger partial charge in [0.25, 0.3) is 5.91 Å². The van der Waals surface area contributed by atoms with Crippen molar-refractivity contribution < 1.29 is 4.79 Å². The molecule has 6 heteroatoms. The highest BCUT2D eigenvalue weighted by atomic mass is 35.5. The van der Waals surface area contributed by atoms with Crippen LogP contribution >= 0.6 is 34.3 Å². The first kappa shape index (κ1) is 17.7. The topological polar surface area (TPSA) is 42.0 Å². The van der Waals surface area contributed by atoms with Crippen molar-refractivity contribution in [3.63, 3.8) is 0 Å². The molecule has 26 heavy (non-hydrogen) atoms. The second-order valence-electron chi connectivity index (χ2n) is 6.55. The summed E-state index contributed by atoms with van der Waals surface area (Å²) >= 11 is 9.32. The van der Waals surface area contributed by atoms with E-state index in [0.29, 0.717) is 5.13 Å². The number of carbonyl (C=O) groups excluding carboxylic acids is 1. The Morgan fingerprint density at radius 3 is 3.00 bits per heavy atom. The molecule has 134 valence electrons. The number of halogens is 1. The van der Waals surface area contributed by atoms with E-state index >= 15 is 0 Å². The van der Waals surface area contributed by atoms with Crippen LogP contribution in [0.3, 0.4) is 0 Å². The molecule has 0 fully saturated rings. The summed E-state index contributed by atoms with van der Waals surface area (Å²) < 4.78 is 0. The zero-order valence-corrected chi connectivity index (χ0v) is 16.9. The minimum absolute atomic E-state index is 0.0348. The summed E-state index contributed by atoms with van der Waals surface area (Å²) in [5.74, 6) is -0.0348. The first-order valence-corrected chi connectivity index (χ1v) is 10.8. The molecule has 3 nitrogen and oxygen atoms in total. The molecular formula is C20H19ClN2OS2. The molecule has 1 amide bonds. The van der Waals surface area contributed by atoms with Crippen LogP contribution in [0.5, 0.6) is 0 Å². The van der Waals surface area contributed by atoms with E-state index in [4.69, 9.17) is 11.6 Å². The van der Waals surface area contributed by atoms with Gasteiger partial charge in [0.1, 0.15) is 0 Å². The van der Waals surface area contributed by atoms with Crippen LogP contribution in [0.25, 0.3) is 0 Å². The lowest BCUT2D eigenvalue weighted by Crippen LogP contribution is -2.14. The number of hydrogen-bond donors (Lipinski definition) is 1. The van der Waals surface area contributed by atoms with Crippen LogP contribution in [0, 0.1) is 6.92 Å². The normalized spacial score (nSPS) is 13.5. The molecule has 2 heterocycles. The molecule has 0 saturated heterocycles. The summed E-state index contributed by atoms with van der Waals surface area (Å²) in [5.41, 5.74) is 4.17. The van der Waals surface area contributed by atoms with Gasteiger partial charge in [-0.1, -0.05) is 23.7 Å². The third-order valence-electron chi connectivity index (χ3n) is 4.67. The number of carbonyl (C=O) groups is 1. The molecule has 0 saturated carbocycles. The maximum atomic E-state index is 12.7. The molecule has 1 aromatic carbocycles. The van der Waals surface area contributed by atoms with Gasteiger partial charge in [0, 0.05) is 26.6 Å². The van der Waals surface area contributed by atoms with Crippen molar-refractivity contribution in [2.24, 2.45) is 0 Å². The molecule has 4 rings (SSSR count). The Balaban J connectivity index is 1.50. The Hall–Kier alpha value is -1.69. The number of aryl methyl sites for hydroxylation is 2. The number of nitrogens with zero attached hydrogens (tertiary/aromatic N) is 1. The monoisotopic (exact) mass is 402 g/mol. The Morgan fingerprint density at radius 1 is 1.31 bits per heavy atom. The Kier molecular flexibility index (Phi) is 5.11. The van der Waals surface area contributed by atoms with E-state index in [9.17, 15) is 4.79 Å². The second-order valence-corrected chi connectivity index (χ2v) is 9.03. The number of benzene rings is 1. The van der Waals surface area contributed by atoms with Crippen molar-refractivity contribution in [2.75, 3.05) is 5.32 Å². The minimum Gasteiger partial charge on any atom is -0.298 e.